The van der Waals surface area contributed by atoms with Crippen molar-refractivity contribution in [2.75, 3.05) is 0 Å². The van der Waals surface area contributed by atoms with Gasteiger partial charge in [-0.3, -0.25) is 4.79 Å². The van der Waals surface area contributed by atoms with Gasteiger partial charge in [0, 0.05) is 34.2 Å². The van der Waals surface area contributed by atoms with E-state index >= 15 is 0 Å². The number of hydrogen-bond acceptors (Lipinski definition) is 4. The third-order valence-electron chi connectivity index (χ3n) is 5.43. The number of carboxylic acid groups (broad SMARTS) is 1. The number of amides is 1. The van der Waals surface area contributed by atoms with Crippen LogP contribution in [0.4, 0.5) is 5.69 Å². The van der Waals surface area contributed by atoms with Gasteiger partial charge >= 0.3 is 5.97 Å². The Hall–Kier alpha value is -3.52. The summed E-state index contributed by atoms with van der Waals surface area (Å²) in [6.07, 6.45) is 3.86. The Morgan fingerprint density at radius 1 is 1.09 bits per heavy atom. The second kappa shape index (κ2) is 9.62. The molecule has 0 spiro atoms. The van der Waals surface area contributed by atoms with Crippen molar-refractivity contribution in [3.8, 4) is 0 Å². The van der Waals surface area contributed by atoms with Gasteiger partial charge in [-0.2, -0.15) is 0 Å². The summed E-state index contributed by atoms with van der Waals surface area (Å²) in [5.74, 6) is -1.41. The standard InChI is InChI=1S/C26H17Cl2N3O3S/c27-17-7-5-15(6-8-17)13-31-14-16(19-3-1-2-4-22(19)31)11-23-24(32)30-26(35-23)29-18-9-10-21(28)20(12-18)25(33)34/h1-12,14H,13H2,(H,33,34)(H,29,30,32)/b23-11-. The lowest BCUT2D eigenvalue weighted by Crippen LogP contribution is -2.19. The molecule has 0 saturated carbocycles. The van der Waals surface area contributed by atoms with Crippen molar-refractivity contribution in [1.82, 2.24) is 9.88 Å². The molecule has 5 rings (SSSR count). The summed E-state index contributed by atoms with van der Waals surface area (Å²) in [7, 11) is 0. The number of fused-ring (bicyclic) bond motifs is 1. The second-order valence-corrected chi connectivity index (χ2v) is 9.68. The lowest BCUT2D eigenvalue weighted by molar-refractivity contribution is -0.115. The van der Waals surface area contributed by atoms with Gasteiger partial charge in [-0.15, -0.1) is 0 Å². The Morgan fingerprint density at radius 2 is 1.86 bits per heavy atom. The predicted octanol–water partition coefficient (Wildman–Crippen LogP) is 6.59. The molecule has 2 heterocycles. The fraction of sp³-hybridized carbons (Fsp3) is 0.0385. The van der Waals surface area contributed by atoms with Crippen LogP contribution in [0.5, 0.6) is 0 Å². The van der Waals surface area contributed by atoms with Crippen molar-refractivity contribution < 1.29 is 14.7 Å². The minimum Gasteiger partial charge on any atom is -0.478 e. The molecule has 0 atom stereocenters. The predicted molar refractivity (Wildman–Crippen MR) is 142 cm³/mol. The number of aromatic carboxylic acids is 1. The third kappa shape index (κ3) is 4.98. The van der Waals surface area contributed by atoms with Gasteiger partial charge in [-0.05, 0) is 59.8 Å². The zero-order valence-electron chi connectivity index (χ0n) is 18.0. The van der Waals surface area contributed by atoms with Gasteiger partial charge < -0.3 is 15.0 Å². The van der Waals surface area contributed by atoms with Gasteiger partial charge in [0.15, 0.2) is 5.17 Å². The lowest BCUT2D eigenvalue weighted by atomic mass is 10.1. The molecule has 1 aromatic heterocycles. The average molecular weight is 522 g/mol. The molecule has 35 heavy (non-hydrogen) atoms. The van der Waals surface area contributed by atoms with E-state index in [1.807, 2.05) is 60.8 Å². The zero-order valence-corrected chi connectivity index (χ0v) is 20.4. The topological polar surface area (TPSA) is 83.7 Å². The summed E-state index contributed by atoms with van der Waals surface area (Å²) < 4.78 is 2.14. The van der Waals surface area contributed by atoms with Gasteiger partial charge in [0.1, 0.15) is 0 Å². The number of hydrogen-bond donors (Lipinski definition) is 2. The number of nitrogens with zero attached hydrogens (tertiary/aromatic N) is 2. The minimum absolute atomic E-state index is 0.0490. The van der Waals surface area contributed by atoms with Crippen LogP contribution in [0.1, 0.15) is 21.5 Å². The van der Waals surface area contributed by atoms with E-state index in [4.69, 9.17) is 23.2 Å². The number of carbonyl (C=O) groups is 2. The highest BCUT2D eigenvalue weighted by atomic mass is 35.5. The van der Waals surface area contributed by atoms with Crippen molar-refractivity contribution in [3.63, 3.8) is 0 Å². The van der Waals surface area contributed by atoms with Crippen LogP contribution in [-0.4, -0.2) is 26.7 Å². The molecule has 2 N–H and O–H groups in total. The van der Waals surface area contributed by atoms with E-state index in [-0.39, 0.29) is 16.5 Å². The summed E-state index contributed by atoms with van der Waals surface area (Å²) in [5.41, 5.74) is 3.41. The van der Waals surface area contributed by atoms with Crippen LogP contribution < -0.4 is 5.32 Å². The molecule has 1 aliphatic heterocycles. The molecule has 0 radical (unpaired) electrons. The normalized spacial score (nSPS) is 15.8. The van der Waals surface area contributed by atoms with Crippen LogP contribution in [0.25, 0.3) is 17.0 Å². The van der Waals surface area contributed by atoms with Crippen molar-refractivity contribution >= 4 is 74.7 Å². The first-order valence-corrected chi connectivity index (χ1v) is 12.1. The monoisotopic (exact) mass is 521 g/mol. The molecule has 174 valence electrons. The highest BCUT2D eigenvalue weighted by molar-refractivity contribution is 8.18. The maximum atomic E-state index is 12.7. The quantitative estimate of drug-likeness (QED) is 0.290. The number of rotatable bonds is 5. The van der Waals surface area contributed by atoms with E-state index in [1.54, 1.807) is 6.07 Å². The van der Waals surface area contributed by atoms with Gasteiger partial charge in [0.25, 0.3) is 5.91 Å². The van der Waals surface area contributed by atoms with E-state index in [2.05, 4.69) is 14.9 Å². The Balaban J connectivity index is 1.45. The molecule has 0 aliphatic carbocycles. The molecule has 4 aromatic rings. The third-order valence-corrected chi connectivity index (χ3v) is 6.93. The first-order chi connectivity index (χ1) is 16.9. The maximum Gasteiger partial charge on any atom is 0.337 e. The molecule has 0 unspecified atom stereocenters. The molecular formula is C26H17Cl2N3O3S. The molecule has 1 aliphatic rings. The van der Waals surface area contributed by atoms with Crippen molar-refractivity contribution in [2.45, 2.75) is 6.54 Å². The molecule has 3 aromatic carbocycles. The number of aliphatic imine (C=N–C) groups is 1. The SMILES string of the molecule is O=C1NC(=Nc2ccc(Cl)c(C(=O)O)c2)S/C1=C\c1cn(Cc2ccc(Cl)cc2)c2ccccc12. The number of halogens is 2. The van der Waals surface area contributed by atoms with Gasteiger partial charge in [-0.1, -0.05) is 53.5 Å². The van der Waals surface area contributed by atoms with Crippen LogP contribution in [-0.2, 0) is 11.3 Å². The Labute approximate surface area is 214 Å². The Bertz CT molecular complexity index is 1540. The zero-order chi connectivity index (χ0) is 24.5. The summed E-state index contributed by atoms with van der Waals surface area (Å²) in [6.45, 7) is 0.662. The van der Waals surface area contributed by atoms with Gasteiger partial charge in [-0.25, -0.2) is 9.79 Å². The Morgan fingerprint density at radius 3 is 2.63 bits per heavy atom. The second-order valence-electron chi connectivity index (χ2n) is 7.81. The van der Waals surface area contributed by atoms with E-state index in [1.165, 1.54) is 23.9 Å². The highest BCUT2D eigenvalue weighted by Gasteiger charge is 2.24. The summed E-state index contributed by atoms with van der Waals surface area (Å²) in [6, 6.07) is 20.2. The molecule has 0 bridgehead atoms. The lowest BCUT2D eigenvalue weighted by Gasteiger charge is -2.05. The van der Waals surface area contributed by atoms with E-state index in [0.717, 1.165) is 22.0 Å². The number of benzene rings is 3. The van der Waals surface area contributed by atoms with E-state index in [0.29, 0.717) is 27.3 Å². The van der Waals surface area contributed by atoms with Gasteiger partial charge in [0.05, 0.1) is 21.2 Å². The molecule has 6 nitrogen and oxygen atoms in total. The highest BCUT2D eigenvalue weighted by Crippen LogP contribution is 2.32. The van der Waals surface area contributed by atoms with Crippen LogP contribution in [0.15, 0.2) is 82.8 Å². The number of amidine groups is 1. The van der Waals surface area contributed by atoms with Crippen molar-refractivity contribution in [3.05, 3.63) is 105 Å². The number of aromatic nitrogens is 1. The van der Waals surface area contributed by atoms with Crippen LogP contribution in [0, 0.1) is 0 Å². The average Bonchev–Trinajstić information content (AvgIpc) is 3.36. The number of para-hydroxylation sites is 1. The van der Waals surface area contributed by atoms with Crippen molar-refractivity contribution in [2.24, 2.45) is 4.99 Å². The summed E-state index contributed by atoms with van der Waals surface area (Å²) in [5, 5.41) is 14.2. The first kappa shape index (κ1) is 23.2. The largest absolute Gasteiger partial charge is 0.478 e. The molecule has 9 heteroatoms. The first-order valence-electron chi connectivity index (χ1n) is 10.5. The smallest absolute Gasteiger partial charge is 0.337 e. The van der Waals surface area contributed by atoms with Crippen molar-refractivity contribution in [1.29, 1.82) is 0 Å². The number of carboxylic acids is 1. The fourth-order valence-corrected chi connectivity index (χ4v) is 4.95. The summed E-state index contributed by atoms with van der Waals surface area (Å²) >= 11 is 13.1. The summed E-state index contributed by atoms with van der Waals surface area (Å²) in [4.78, 5) is 28.9. The maximum absolute atomic E-state index is 12.7. The number of nitrogens with one attached hydrogen (secondary N) is 1. The number of thioether (sulfide) groups is 1. The Kier molecular flexibility index (Phi) is 6.38. The molecular weight excluding hydrogens is 505 g/mol. The number of carbonyl (C=O) groups excluding carboxylic acids is 1. The molecule has 1 saturated heterocycles. The van der Waals surface area contributed by atoms with E-state index in [9.17, 15) is 14.7 Å². The molecule has 1 fully saturated rings. The van der Waals surface area contributed by atoms with Crippen LogP contribution in [0.2, 0.25) is 10.0 Å². The van der Waals surface area contributed by atoms with Crippen LogP contribution in [0.3, 0.4) is 0 Å². The van der Waals surface area contributed by atoms with E-state index < -0.39 is 5.97 Å². The minimum atomic E-state index is -1.14. The van der Waals surface area contributed by atoms with Gasteiger partial charge in [0.2, 0.25) is 0 Å². The molecule has 1 amide bonds. The fourth-order valence-electron chi connectivity index (χ4n) is 3.79. The van der Waals surface area contributed by atoms with Crippen LogP contribution >= 0.6 is 35.0 Å².